The van der Waals surface area contributed by atoms with Crippen molar-refractivity contribution in [1.29, 1.82) is 5.41 Å². The third kappa shape index (κ3) is 4.61. The summed E-state index contributed by atoms with van der Waals surface area (Å²) in [7, 11) is 0. The zero-order chi connectivity index (χ0) is 23.5. The molecule has 3 heterocycles. The maximum atomic E-state index is 12.6. The third-order valence-electron chi connectivity index (χ3n) is 4.82. The molecule has 0 unspecified atom stereocenters. The number of nitrogens with one attached hydrogen (secondary N) is 1. The molecule has 34 heavy (non-hydrogen) atoms. The average Bonchev–Trinajstić information content (AvgIpc) is 3.52. The summed E-state index contributed by atoms with van der Waals surface area (Å²) in [6.45, 7) is 0.685. The first-order valence-electron chi connectivity index (χ1n) is 10.2. The maximum absolute atomic E-state index is 12.6. The molecule has 10 heteroatoms. The summed E-state index contributed by atoms with van der Waals surface area (Å²) in [5.74, 6) is 1.29. The molecule has 0 bridgehead atoms. The molecule has 2 aromatic carbocycles. The van der Waals surface area contributed by atoms with Crippen molar-refractivity contribution < 1.29 is 18.7 Å². The Morgan fingerprint density at radius 3 is 2.62 bits per heavy atom. The van der Waals surface area contributed by atoms with Crippen LogP contribution < -0.4 is 9.47 Å². The number of nitrogens with zero attached hydrogens (tertiary/aromatic N) is 3. The van der Waals surface area contributed by atoms with Crippen LogP contribution in [-0.4, -0.2) is 40.2 Å². The summed E-state index contributed by atoms with van der Waals surface area (Å²) in [4.78, 5) is 16.7. The molecule has 0 radical (unpaired) electrons. The molecule has 3 aromatic rings. The second-order valence-corrected chi connectivity index (χ2v) is 8.46. The lowest BCUT2D eigenvalue weighted by atomic mass is 10.1. The molecular formula is C24H17ClN4O4S. The number of hydrogen-bond donors (Lipinski definition) is 1. The predicted molar refractivity (Wildman–Crippen MR) is 132 cm³/mol. The van der Waals surface area contributed by atoms with Crippen molar-refractivity contribution in [1.82, 2.24) is 5.01 Å². The van der Waals surface area contributed by atoms with Gasteiger partial charge in [0.25, 0.3) is 5.91 Å². The number of carbonyl (C=O) groups is 1. The fourth-order valence-electron chi connectivity index (χ4n) is 3.19. The number of halogens is 1. The zero-order valence-corrected chi connectivity index (χ0v) is 19.2. The van der Waals surface area contributed by atoms with Gasteiger partial charge in [-0.15, -0.1) is 0 Å². The van der Waals surface area contributed by atoms with Gasteiger partial charge in [-0.05, 0) is 59.8 Å². The number of para-hydroxylation sites is 1. The van der Waals surface area contributed by atoms with Gasteiger partial charge in [0.1, 0.15) is 24.7 Å². The highest BCUT2D eigenvalue weighted by Gasteiger charge is 2.36. The molecule has 2 aliphatic rings. The predicted octanol–water partition coefficient (Wildman–Crippen LogP) is 5.06. The number of aliphatic imine (C=N–C) groups is 1. The number of hydrogen-bond acceptors (Lipinski definition) is 7. The fraction of sp³-hybridized carbons (Fsp3) is 0.0833. The van der Waals surface area contributed by atoms with Gasteiger partial charge in [-0.3, -0.25) is 10.2 Å². The monoisotopic (exact) mass is 492 g/mol. The van der Waals surface area contributed by atoms with Crippen LogP contribution in [0.4, 0.5) is 0 Å². The first kappa shape index (κ1) is 22.0. The van der Waals surface area contributed by atoms with Crippen LogP contribution >= 0.6 is 23.4 Å². The molecule has 5 rings (SSSR count). The SMILES string of the molecule is N=C1/C(=C/c2ccc(OCCOc3ccccc3Cl)cc2)C(=O)N=C2SC(c3ccco3)=NN12. The smallest absolute Gasteiger partial charge is 0.283 e. The van der Waals surface area contributed by atoms with E-state index in [2.05, 4.69) is 10.1 Å². The minimum Gasteiger partial charge on any atom is -0.490 e. The number of furan rings is 1. The van der Waals surface area contributed by atoms with Crippen LogP contribution in [0, 0.1) is 5.41 Å². The van der Waals surface area contributed by atoms with Crippen molar-refractivity contribution in [2.45, 2.75) is 0 Å². The minimum absolute atomic E-state index is 0.0406. The Labute approximate surface area is 204 Å². The number of carbonyl (C=O) groups excluding carboxylic acids is 1. The molecule has 0 aliphatic carbocycles. The van der Waals surface area contributed by atoms with Crippen LogP contribution in [0.25, 0.3) is 6.08 Å². The van der Waals surface area contributed by atoms with E-state index in [4.69, 9.17) is 30.9 Å². The lowest BCUT2D eigenvalue weighted by Crippen LogP contribution is -2.35. The van der Waals surface area contributed by atoms with Crippen LogP contribution in [0.3, 0.4) is 0 Å². The number of benzene rings is 2. The fourth-order valence-corrected chi connectivity index (χ4v) is 4.24. The van der Waals surface area contributed by atoms with Crippen molar-refractivity contribution >= 4 is 51.4 Å². The molecule has 8 nitrogen and oxygen atoms in total. The Morgan fingerprint density at radius 2 is 1.85 bits per heavy atom. The summed E-state index contributed by atoms with van der Waals surface area (Å²) in [5, 5.41) is 15.6. The Bertz CT molecular complexity index is 1330. The molecule has 0 saturated carbocycles. The van der Waals surface area contributed by atoms with Crippen LogP contribution in [0.1, 0.15) is 11.3 Å². The normalized spacial score (nSPS) is 16.4. The van der Waals surface area contributed by atoms with E-state index in [0.717, 1.165) is 5.56 Å². The average molecular weight is 493 g/mol. The third-order valence-corrected chi connectivity index (χ3v) is 6.06. The quantitative estimate of drug-likeness (QED) is 0.365. The molecule has 0 spiro atoms. The van der Waals surface area contributed by atoms with Gasteiger partial charge in [-0.1, -0.05) is 35.9 Å². The number of fused-ring (bicyclic) bond motifs is 1. The first-order chi connectivity index (χ1) is 16.6. The molecule has 170 valence electrons. The van der Waals surface area contributed by atoms with Gasteiger partial charge in [-0.2, -0.15) is 15.1 Å². The van der Waals surface area contributed by atoms with Crippen molar-refractivity contribution in [2.24, 2.45) is 10.1 Å². The highest BCUT2D eigenvalue weighted by Crippen LogP contribution is 2.31. The van der Waals surface area contributed by atoms with Crippen LogP contribution in [0.15, 0.2) is 87.0 Å². The number of amides is 1. The topological polar surface area (TPSA) is 100 Å². The van der Waals surface area contributed by atoms with Crippen LogP contribution in [0.2, 0.25) is 5.02 Å². The Morgan fingerprint density at radius 1 is 1.06 bits per heavy atom. The van der Waals surface area contributed by atoms with Gasteiger partial charge in [0.15, 0.2) is 16.6 Å². The molecule has 1 N–H and O–H groups in total. The largest absolute Gasteiger partial charge is 0.490 e. The molecule has 2 aliphatic heterocycles. The molecular weight excluding hydrogens is 476 g/mol. The van der Waals surface area contributed by atoms with E-state index < -0.39 is 5.91 Å². The summed E-state index contributed by atoms with van der Waals surface area (Å²) >= 11 is 7.25. The van der Waals surface area contributed by atoms with E-state index >= 15 is 0 Å². The standard InChI is InChI=1S/C24H17ClN4O4S/c25-18-4-1-2-5-19(18)33-13-12-31-16-9-7-15(8-10-16)14-17-21(26)29-24(27-22(17)30)34-23(28-29)20-6-3-11-32-20/h1-11,14,26H,12-13H2/b17-14-,26-21?. The van der Waals surface area contributed by atoms with Crippen molar-refractivity contribution in [3.8, 4) is 11.5 Å². The van der Waals surface area contributed by atoms with Crippen molar-refractivity contribution in [2.75, 3.05) is 13.2 Å². The van der Waals surface area contributed by atoms with E-state index in [1.54, 1.807) is 60.9 Å². The highest BCUT2D eigenvalue weighted by molar-refractivity contribution is 8.27. The molecule has 0 saturated heterocycles. The van der Waals surface area contributed by atoms with E-state index in [1.807, 2.05) is 12.1 Å². The van der Waals surface area contributed by atoms with E-state index in [0.29, 0.717) is 45.7 Å². The maximum Gasteiger partial charge on any atom is 0.283 e. The Hall–Kier alpha value is -3.82. The van der Waals surface area contributed by atoms with Crippen LogP contribution in [-0.2, 0) is 4.79 Å². The molecule has 1 aromatic heterocycles. The van der Waals surface area contributed by atoms with E-state index in [1.165, 1.54) is 16.8 Å². The van der Waals surface area contributed by atoms with Gasteiger partial charge < -0.3 is 13.9 Å². The van der Waals surface area contributed by atoms with Gasteiger partial charge in [-0.25, -0.2) is 0 Å². The number of amidine groups is 2. The first-order valence-corrected chi connectivity index (χ1v) is 11.4. The van der Waals surface area contributed by atoms with Crippen molar-refractivity contribution in [3.05, 3.63) is 88.8 Å². The van der Waals surface area contributed by atoms with Gasteiger partial charge in [0.05, 0.1) is 16.9 Å². The Kier molecular flexibility index (Phi) is 6.20. The summed E-state index contributed by atoms with van der Waals surface area (Å²) in [6.07, 6.45) is 3.15. The van der Waals surface area contributed by atoms with Gasteiger partial charge in [0.2, 0.25) is 5.17 Å². The van der Waals surface area contributed by atoms with Gasteiger partial charge >= 0.3 is 0 Å². The lowest BCUT2D eigenvalue weighted by Gasteiger charge is -2.20. The number of thioether (sulfide) groups is 1. The highest BCUT2D eigenvalue weighted by atomic mass is 35.5. The Balaban J connectivity index is 1.22. The summed E-state index contributed by atoms with van der Waals surface area (Å²) in [6, 6.07) is 17.9. The van der Waals surface area contributed by atoms with E-state index in [-0.39, 0.29) is 11.4 Å². The number of rotatable bonds is 7. The second kappa shape index (κ2) is 9.58. The number of hydrazone groups is 1. The minimum atomic E-state index is -0.489. The molecule has 1 amide bonds. The molecule has 0 fully saturated rings. The van der Waals surface area contributed by atoms with Crippen molar-refractivity contribution in [3.63, 3.8) is 0 Å². The molecule has 0 atom stereocenters. The summed E-state index contributed by atoms with van der Waals surface area (Å²) in [5.41, 5.74) is 0.879. The zero-order valence-electron chi connectivity index (χ0n) is 17.6. The number of ether oxygens (including phenoxy) is 2. The lowest BCUT2D eigenvalue weighted by molar-refractivity contribution is -0.114. The van der Waals surface area contributed by atoms with Crippen LogP contribution in [0.5, 0.6) is 11.5 Å². The second-order valence-electron chi connectivity index (χ2n) is 7.10. The van der Waals surface area contributed by atoms with Gasteiger partial charge in [0, 0.05) is 0 Å². The van der Waals surface area contributed by atoms with E-state index in [9.17, 15) is 4.79 Å². The summed E-state index contributed by atoms with van der Waals surface area (Å²) < 4.78 is 16.7.